The minimum atomic E-state index is -1.20. The number of aromatic nitrogens is 1. The Labute approximate surface area is 246 Å². The van der Waals surface area contributed by atoms with E-state index in [-0.39, 0.29) is 53.8 Å². The summed E-state index contributed by atoms with van der Waals surface area (Å²) in [7, 11) is 4.61. The number of phenols is 1. The van der Waals surface area contributed by atoms with Gasteiger partial charge >= 0.3 is 6.09 Å². The lowest BCUT2D eigenvalue weighted by molar-refractivity contribution is 0.0827. The lowest BCUT2D eigenvalue weighted by Gasteiger charge is -2.40. The topological polar surface area (TPSA) is 166 Å². The number of hydrogen-bond acceptors (Lipinski definition) is 8. The fraction of sp³-hybridized carbons (Fsp3) is 0.310. The van der Waals surface area contributed by atoms with E-state index in [0.717, 1.165) is 0 Å². The zero-order valence-electron chi connectivity index (χ0n) is 24.0. The number of nitrogens with one attached hydrogen (secondary N) is 1. The number of nitrogen functional groups attached to an aromatic ring is 1. The first-order valence-electron chi connectivity index (χ1n) is 13.2. The standard InChI is InChI=1S/C29H32F2N6O6/c1-15-12-18(10-11-37(15)29(40)41)36(4)24-22(30)26(42-19-7-5-6-17(13-19)28(39)35(2)3)34-27(23(24)31)43-21-14-16(25(32)33)8-9-20(21)38/h5-9,13-15,18,38H,10-12H2,1-4H3,(H3,32,33)(H,40,41). The summed E-state index contributed by atoms with van der Waals surface area (Å²) in [6.07, 6.45) is -0.507. The van der Waals surface area contributed by atoms with E-state index in [1.807, 2.05) is 0 Å². The van der Waals surface area contributed by atoms with Crippen molar-refractivity contribution < 1.29 is 38.1 Å². The number of phenolic OH excluding ortho intramolecular Hbond substituents is 1. The normalized spacial score (nSPS) is 16.4. The molecule has 5 N–H and O–H groups in total. The minimum Gasteiger partial charge on any atom is -0.504 e. The molecular formula is C29H32F2N6O6. The molecule has 2 aromatic carbocycles. The summed E-state index contributed by atoms with van der Waals surface area (Å²) in [5.74, 6) is -5.13. The minimum absolute atomic E-state index is 0.0371. The van der Waals surface area contributed by atoms with Gasteiger partial charge in [0.2, 0.25) is 11.6 Å². The number of carbonyl (C=O) groups excluding carboxylic acids is 1. The van der Waals surface area contributed by atoms with Gasteiger partial charge in [0, 0.05) is 50.9 Å². The van der Waals surface area contributed by atoms with E-state index in [4.69, 9.17) is 20.6 Å². The van der Waals surface area contributed by atoms with Crippen molar-refractivity contribution in [1.29, 1.82) is 5.41 Å². The average molecular weight is 599 g/mol. The molecule has 1 fully saturated rings. The Morgan fingerprint density at radius 1 is 1.07 bits per heavy atom. The van der Waals surface area contributed by atoms with Gasteiger partial charge in [0.25, 0.3) is 17.7 Å². The zero-order chi connectivity index (χ0) is 31.6. The Hall–Kier alpha value is -5.14. The van der Waals surface area contributed by atoms with Gasteiger partial charge < -0.3 is 40.1 Å². The number of nitrogens with two attached hydrogens (primary N) is 1. The molecule has 228 valence electrons. The van der Waals surface area contributed by atoms with E-state index < -0.39 is 53.0 Å². The highest BCUT2D eigenvalue weighted by Gasteiger charge is 2.35. The third-order valence-corrected chi connectivity index (χ3v) is 7.17. The molecule has 0 radical (unpaired) electrons. The summed E-state index contributed by atoms with van der Waals surface area (Å²) in [6.45, 7) is 1.87. The highest BCUT2D eigenvalue weighted by Crippen LogP contribution is 2.41. The molecule has 1 aliphatic rings. The van der Waals surface area contributed by atoms with Crippen molar-refractivity contribution in [3.63, 3.8) is 0 Å². The van der Waals surface area contributed by atoms with Crippen molar-refractivity contribution in [2.24, 2.45) is 5.73 Å². The van der Waals surface area contributed by atoms with Gasteiger partial charge in [-0.25, -0.2) is 4.79 Å². The Morgan fingerprint density at radius 2 is 1.74 bits per heavy atom. The SMILES string of the molecule is CC1CC(N(C)c2c(F)c(Oc3cccc(C(=O)N(C)C)c3)nc(Oc3cc(C(=N)N)ccc3O)c2F)CCN1C(=O)O. The number of amidine groups is 1. The van der Waals surface area contributed by atoms with Crippen LogP contribution in [-0.4, -0.2) is 82.6 Å². The highest BCUT2D eigenvalue weighted by molar-refractivity contribution is 5.95. The number of benzene rings is 2. The first-order valence-corrected chi connectivity index (χ1v) is 13.2. The van der Waals surface area contributed by atoms with Crippen LogP contribution in [0.3, 0.4) is 0 Å². The smallest absolute Gasteiger partial charge is 0.407 e. The van der Waals surface area contributed by atoms with Gasteiger partial charge in [0.1, 0.15) is 17.3 Å². The molecule has 2 amide bonds. The number of likely N-dealkylation sites (tertiary alicyclic amines) is 1. The molecule has 2 heterocycles. The van der Waals surface area contributed by atoms with E-state index in [0.29, 0.717) is 0 Å². The van der Waals surface area contributed by atoms with Crippen LogP contribution in [0.1, 0.15) is 35.7 Å². The first kappa shape index (κ1) is 30.8. The van der Waals surface area contributed by atoms with Crippen LogP contribution >= 0.6 is 0 Å². The van der Waals surface area contributed by atoms with Gasteiger partial charge in [-0.1, -0.05) is 6.07 Å². The molecule has 43 heavy (non-hydrogen) atoms. The second-order valence-electron chi connectivity index (χ2n) is 10.3. The Kier molecular flexibility index (Phi) is 8.88. The Balaban J connectivity index is 1.79. The Bertz CT molecular complexity index is 1570. The molecule has 14 heteroatoms. The van der Waals surface area contributed by atoms with Crippen LogP contribution < -0.4 is 20.1 Å². The first-order chi connectivity index (χ1) is 20.3. The van der Waals surface area contributed by atoms with E-state index >= 15 is 8.78 Å². The molecular weight excluding hydrogens is 566 g/mol. The second-order valence-corrected chi connectivity index (χ2v) is 10.3. The van der Waals surface area contributed by atoms with Gasteiger partial charge in [-0.2, -0.15) is 13.8 Å². The number of ether oxygens (including phenoxy) is 2. The van der Waals surface area contributed by atoms with Crippen LogP contribution in [-0.2, 0) is 0 Å². The van der Waals surface area contributed by atoms with Crippen molar-refractivity contribution in [2.45, 2.75) is 31.8 Å². The predicted molar refractivity (Wildman–Crippen MR) is 154 cm³/mol. The molecule has 2 unspecified atom stereocenters. The van der Waals surface area contributed by atoms with Gasteiger partial charge in [-0.3, -0.25) is 10.2 Å². The molecule has 0 spiro atoms. The number of piperidine rings is 1. The lowest BCUT2D eigenvalue weighted by Crippen LogP contribution is -2.50. The number of aromatic hydroxyl groups is 1. The maximum Gasteiger partial charge on any atom is 0.407 e. The van der Waals surface area contributed by atoms with Gasteiger partial charge in [0.15, 0.2) is 11.5 Å². The molecule has 4 rings (SSSR count). The Morgan fingerprint density at radius 3 is 2.35 bits per heavy atom. The number of halogens is 2. The van der Waals surface area contributed by atoms with Crippen LogP contribution in [0.25, 0.3) is 0 Å². The number of nitrogens with zero attached hydrogens (tertiary/aromatic N) is 4. The summed E-state index contributed by atoms with van der Waals surface area (Å²) < 4.78 is 43.5. The molecule has 1 aromatic heterocycles. The number of carboxylic acid groups (broad SMARTS) is 1. The predicted octanol–water partition coefficient (Wildman–Crippen LogP) is 4.60. The largest absolute Gasteiger partial charge is 0.504 e. The summed E-state index contributed by atoms with van der Waals surface area (Å²) in [4.78, 5) is 31.9. The molecule has 0 bridgehead atoms. The van der Waals surface area contributed by atoms with E-state index in [1.54, 1.807) is 27.1 Å². The van der Waals surface area contributed by atoms with Crippen molar-refractivity contribution in [3.05, 3.63) is 65.2 Å². The molecule has 3 aromatic rings. The highest BCUT2D eigenvalue weighted by atomic mass is 19.1. The zero-order valence-corrected chi connectivity index (χ0v) is 24.0. The van der Waals surface area contributed by atoms with Crippen molar-refractivity contribution in [2.75, 3.05) is 32.6 Å². The quantitative estimate of drug-likeness (QED) is 0.214. The van der Waals surface area contributed by atoms with Crippen molar-refractivity contribution >= 4 is 23.5 Å². The van der Waals surface area contributed by atoms with E-state index in [2.05, 4.69) is 4.98 Å². The summed E-state index contributed by atoms with van der Waals surface area (Å²) in [5.41, 5.74) is 5.41. The van der Waals surface area contributed by atoms with Gasteiger partial charge in [0.05, 0.1) is 0 Å². The van der Waals surface area contributed by atoms with Crippen LogP contribution in [0.5, 0.6) is 29.0 Å². The summed E-state index contributed by atoms with van der Waals surface area (Å²) >= 11 is 0. The summed E-state index contributed by atoms with van der Waals surface area (Å²) in [5, 5.41) is 27.4. The number of rotatable bonds is 8. The number of amides is 2. The molecule has 12 nitrogen and oxygen atoms in total. The summed E-state index contributed by atoms with van der Waals surface area (Å²) in [6, 6.07) is 8.80. The lowest BCUT2D eigenvalue weighted by atomic mass is 9.97. The fourth-order valence-corrected chi connectivity index (χ4v) is 4.83. The average Bonchev–Trinajstić information content (AvgIpc) is 2.95. The van der Waals surface area contributed by atoms with Gasteiger partial charge in [-0.05, 0) is 56.2 Å². The van der Waals surface area contributed by atoms with Crippen LogP contribution in [0.2, 0.25) is 0 Å². The van der Waals surface area contributed by atoms with Gasteiger partial charge in [-0.15, -0.1) is 0 Å². The maximum atomic E-state index is 16.1. The van der Waals surface area contributed by atoms with Crippen LogP contribution in [0.4, 0.5) is 19.3 Å². The molecule has 1 aliphatic heterocycles. The van der Waals surface area contributed by atoms with E-state index in [9.17, 15) is 19.8 Å². The fourth-order valence-electron chi connectivity index (χ4n) is 4.83. The number of anilines is 1. The monoisotopic (exact) mass is 598 g/mol. The third kappa shape index (κ3) is 6.52. The van der Waals surface area contributed by atoms with Crippen molar-refractivity contribution in [1.82, 2.24) is 14.8 Å². The second kappa shape index (κ2) is 12.4. The van der Waals surface area contributed by atoms with Crippen LogP contribution in [0.15, 0.2) is 42.5 Å². The van der Waals surface area contributed by atoms with Crippen LogP contribution in [0, 0.1) is 17.0 Å². The van der Waals surface area contributed by atoms with E-state index in [1.165, 1.54) is 58.1 Å². The molecule has 2 atom stereocenters. The molecule has 1 saturated heterocycles. The maximum absolute atomic E-state index is 16.1. The van der Waals surface area contributed by atoms with Crippen molar-refractivity contribution in [3.8, 4) is 29.0 Å². The number of carbonyl (C=O) groups is 2. The number of hydrogen-bond donors (Lipinski definition) is 4. The number of pyridine rings is 1. The molecule has 0 aliphatic carbocycles. The third-order valence-electron chi connectivity index (χ3n) is 7.17. The molecule has 0 saturated carbocycles.